The summed E-state index contributed by atoms with van der Waals surface area (Å²) in [4.78, 5) is 23.2. The van der Waals surface area contributed by atoms with Gasteiger partial charge >= 0.3 is 0 Å². The van der Waals surface area contributed by atoms with Crippen LogP contribution in [0.3, 0.4) is 0 Å². The highest BCUT2D eigenvalue weighted by Gasteiger charge is 2.34. The number of aryl methyl sites for hydroxylation is 2. The Morgan fingerprint density at radius 1 is 1.28 bits per heavy atom. The molecule has 0 aliphatic carbocycles. The second-order valence-electron chi connectivity index (χ2n) is 6.13. The zero-order valence-electron chi connectivity index (χ0n) is 13.9. The predicted molar refractivity (Wildman–Crippen MR) is 99.6 cm³/mol. The fourth-order valence-electron chi connectivity index (χ4n) is 3.20. The Morgan fingerprint density at radius 3 is 2.88 bits per heavy atom. The van der Waals surface area contributed by atoms with E-state index < -0.39 is 0 Å². The highest BCUT2D eigenvalue weighted by Crippen LogP contribution is 2.27. The van der Waals surface area contributed by atoms with Crippen LogP contribution >= 0.6 is 15.9 Å². The third-order valence-corrected chi connectivity index (χ3v) is 4.86. The van der Waals surface area contributed by atoms with Crippen molar-refractivity contribution in [2.24, 2.45) is 7.05 Å². The van der Waals surface area contributed by atoms with E-state index in [9.17, 15) is 4.79 Å². The normalized spacial score (nSPS) is 17.5. The second kappa shape index (κ2) is 6.11. The molecule has 128 valence electrons. The third kappa shape index (κ3) is 2.86. The van der Waals surface area contributed by atoms with Crippen molar-refractivity contribution in [3.05, 3.63) is 40.8 Å². The van der Waals surface area contributed by atoms with Crippen LogP contribution in [0.5, 0.6) is 0 Å². The SMILES string of the molecule is Cc1cc(N2CCC(Nc3ncnc4ccc(Br)cc34)C2=O)n(C)n1. The van der Waals surface area contributed by atoms with Gasteiger partial charge in [-0.3, -0.25) is 14.4 Å². The average Bonchev–Trinajstić information content (AvgIpc) is 3.10. The fraction of sp³-hybridized carbons (Fsp3) is 0.294. The molecule has 8 heteroatoms. The topological polar surface area (TPSA) is 75.9 Å². The molecule has 1 saturated heterocycles. The Hall–Kier alpha value is -2.48. The van der Waals surface area contributed by atoms with Crippen LogP contribution in [0.4, 0.5) is 11.6 Å². The highest BCUT2D eigenvalue weighted by molar-refractivity contribution is 9.10. The van der Waals surface area contributed by atoms with Gasteiger partial charge < -0.3 is 5.32 Å². The number of amides is 1. The summed E-state index contributed by atoms with van der Waals surface area (Å²) in [6.45, 7) is 2.58. The summed E-state index contributed by atoms with van der Waals surface area (Å²) >= 11 is 3.47. The summed E-state index contributed by atoms with van der Waals surface area (Å²) < 4.78 is 2.69. The number of nitrogens with one attached hydrogen (secondary N) is 1. The van der Waals surface area contributed by atoms with E-state index in [-0.39, 0.29) is 11.9 Å². The molecule has 3 heterocycles. The Kier molecular flexibility index (Phi) is 3.91. The predicted octanol–water partition coefficient (Wildman–Crippen LogP) is 2.65. The van der Waals surface area contributed by atoms with E-state index in [0.717, 1.165) is 26.9 Å². The first-order chi connectivity index (χ1) is 12.0. The Balaban J connectivity index is 1.61. The summed E-state index contributed by atoms with van der Waals surface area (Å²) in [5, 5.41) is 8.51. The van der Waals surface area contributed by atoms with Crippen LogP contribution in [0, 0.1) is 6.92 Å². The molecular formula is C17H17BrN6O. The Morgan fingerprint density at radius 2 is 2.12 bits per heavy atom. The van der Waals surface area contributed by atoms with Gasteiger partial charge in [0.2, 0.25) is 0 Å². The molecular weight excluding hydrogens is 384 g/mol. The number of anilines is 2. The number of carbonyl (C=O) groups is 1. The molecule has 2 aromatic heterocycles. The van der Waals surface area contributed by atoms with Gasteiger partial charge in [0.15, 0.2) is 0 Å². The largest absolute Gasteiger partial charge is 0.358 e. The van der Waals surface area contributed by atoms with Gasteiger partial charge in [0.1, 0.15) is 24.0 Å². The van der Waals surface area contributed by atoms with Gasteiger partial charge in [-0.2, -0.15) is 5.10 Å². The molecule has 0 radical (unpaired) electrons. The van der Waals surface area contributed by atoms with Crippen LogP contribution < -0.4 is 10.2 Å². The first kappa shape index (κ1) is 16.0. The Labute approximate surface area is 153 Å². The van der Waals surface area contributed by atoms with E-state index in [4.69, 9.17) is 0 Å². The quantitative estimate of drug-likeness (QED) is 0.731. The lowest BCUT2D eigenvalue weighted by atomic mass is 10.2. The van der Waals surface area contributed by atoms with E-state index in [2.05, 4.69) is 36.3 Å². The zero-order valence-corrected chi connectivity index (χ0v) is 15.5. The van der Waals surface area contributed by atoms with Crippen LogP contribution in [0.25, 0.3) is 10.9 Å². The molecule has 1 amide bonds. The van der Waals surface area contributed by atoms with Gasteiger partial charge in [-0.25, -0.2) is 9.97 Å². The molecule has 1 aliphatic rings. The molecule has 0 saturated carbocycles. The minimum absolute atomic E-state index is 0.0322. The molecule has 1 unspecified atom stereocenters. The fourth-order valence-corrected chi connectivity index (χ4v) is 3.56. The van der Waals surface area contributed by atoms with E-state index >= 15 is 0 Å². The molecule has 1 atom stereocenters. The van der Waals surface area contributed by atoms with Crippen molar-refractivity contribution in [3.63, 3.8) is 0 Å². The van der Waals surface area contributed by atoms with Gasteiger partial charge in [-0.15, -0.1) is 0 Å². The standard InChI is InChI=1S/C17H17BrN6O/c1-10-7-15(23(2)22-10)24-6-5-14(17(24)25)21-16-12-8-11(18)3-4-13(12)19-9-20-16/h3-4,7-9,14H,5-6H2,1-2H3,(H,19,20,21). The first-order valence-corrected chi connectivity index (χ1v) is 8.81. The first-order valence-electron chi connectivity index (χ1n) is 8.02. The van der Waals surface area contributed by atoms with E-state index in [0.29, 0.717) is 18.8 Å². The van der Waals surface area contributed by atoms with Crippen LogP contribution in [-0.2, 0) is 11.8 Å². The number of hydrogen-bond acceptors (Lipinski definition) is 5. The summed E-state index contributed by atoms with van der Waals surface area (Å²) in [6, 6.07) is 7.43. The molecule has 3 aromatic rings. The molecule has 25 heavy (non-hydrogen) atoms. The van der Waals surface area contributed by atoms with Gasteiger partial charge in [-0.05, 0) is 31.5 Å². The molecule has 1 N–H and O–H groups in total. The summed E-state index contributed by atoms with van der Waals surface area (Å²) in [6.07, 6.45) is 2.23. The van der Waals surface area contributed by atoms with Gasteiger partial charge in [0.05, 0.1) is 11.2 Å². The number of nitrogens with zero attached hydrogens (tertiary/aromatic N) is 5. The van der Waals surface area contributed by atoms with Gasteiger partial charge in [0.25, 0.3) is 5.91 Å². The lowest BCUT2D eigenvalue weighted by Gasteiger charge is -2.17. The lowest BCUT2D eigenvalue weighted by molar-refractivity contribution is -0.117. The van der Waals surface area contributed by atoms with Crippen LogP contribution in [0.15, 0.2) is 35.1 Å². The molecule has 7 nitrogen and oxygen atoms in total. The third-order valence-electron chi connectivity index (χ3n) is 4.37. The maximum Gasteiger partial charge on any atom is 0.250 e. The molecule has 4 rings (SSSR count). The number of benzene rings is 1. The smallest absolute Gasteiger partial charge is 0.250 e. The van der Waals surface area contributed by atoms with Crippen molar-refractivity contribution >= 4 is 44.4 Å². The monoisotopic (exact) mass is 400 g/mol. The van der Waals surface area contributed by atoms with Crippen LogP contribution in [0.1, 0.15) is 12.1 Å². The number of aromatic nitrogens is 4. The summed E-state index contributed by atoms with van der Waals surface area (Å²) in [5.74, 6) is 1.53. The minimum atomic E-state index is -0.313. The van der Waals surface area contributed by atoms with E-state index in [1.165, 1.54) is 6.33 Å². The Bertz CT molecular complexity index is 969. The van der Waals surface area contributed by atoms with Crippen molar-refractivity contribution in [1.82, 2.24) is 19.7 Å². The van der Waals surface area contributed by atoms with E-state index in [1.54, 1.807) is 9.58 Å². The maximum absolute atomic E-state index is 12.8. The van der Waals surface area contributed by atoms with Crippen molar-refractivity contribution in [1.29, 1.82) is 0 Å². The molecule has 1 fully saturated rings. The van der Waals surface area contributed by atoms with Gasteiger partial charge in [0, 0.05) is 29.5 Å². The van der Waals surface area contributed by atoms with Crippen molar-refractivity contribution in [2.45, 2.75) is 19.4 Å². The number of carbonyl (C=O) groups excluding carboxylic acids is 1. The molecule has 0 bridgehead atoms. The molecule has 0 spiro atoms. The van der Waals surface area contributed by atoms with Crippen LogP contribution in [-0.4, -0.2) is 38.2 Å². The van der Waals surface area contributed by atoms with Crippen LogP contribution in [0.2, 0.25) is 0 Å². The lowest BCUT2D eigenvalue weighted by Crippen LogP contribution is -2.34. The zero-order chi connectivity index (χ0) is 17.6. The van der Waals surface area contributed by atoms with Gasteiger partial charge in [-0.1, -0.05) is 15.9 Å². The molecule has 1 aliphatic heterocycles. The highest BCUT2D eigenvalue weighted by atomic mass is 79.9. The number of halogens is 1. The van der Waals surface area contributed by atoms with Crippen molar-refractivity contribution in [3.8, 4) is 0 Å². The van der Waals surface area contributed by atoms with E-state index in [1.807, 2.05) is 38.2 Å². The summed E-state index contributed by atoms with van der Waals surface area (Å²) in [5.41, 5.74) is 1.73. The minimum Gasteiger partial charge on any atom is -0.358 e. The number of fused-ring (bicyclic) bond motifs is 1. The summed E-state index contributed by atoms with van der Waals surface area (Å²) in [7, 11) is 1.85. The second-order valence-corrected chi connectivity index (χ2v) is 7.04. The molecule has 1 aromatic carbocycles. The van der Waals surface area contributed by atoms with Crippen molar-refractivity contribution < 1.29 is 4.79 Å². The van der Waals surface area contributed by atoms with Crippen molar-refractivity contribution in [2.75, 3.05) is 16.8 Å². The maximum atomic E-state index is 12.8. The number of hydrogen-bond donors (Lipinski definition) is 1. The number of rotatable bonds is 3. The average molecular weight is 401 g/mol.